The summed E-state index contributed by atoms with van der Waals surface area (Å²) in [7, 11) is 0. The van der Waals surface area contributed by atoms with Gasteiger partial charge in [0.2, 0.25) is 0 Å². The van der Waals surface area contributed by atoms with Crippen molar-refractivity contribution in [3.05, 3.63) is 46.6 Å². The van der Waals surface area contributed by atoms with Gasteiger partial charge in [0, 0.05) is 10.6 Å². The molecular formula is C11H8Cl2N2. The number of nitrogens with two attached hydrogens (primary N) is 1. The van der Waals surface area contributed by atoms with E-state index in [9.17, 15) is 0 Å². The molecule has 0 fully saturated rings. The monoisotopic (exact) mass is 238 g/mol. The largest absolute Gasteiger partial charge is 0.396 e. The van der Waals surface area contributed by atoms with Gasteiger partial charge in [0.1, 0.15) is 0 Å². The first-order chi connectivity index (χ1) is 7.16. The van der Waals surface area contributed by atoms with E-state index in [2.05, 4.69) is 4.98 Å². The molecule has 0 unspecified atom stereocenters. The zero-order valence-corrected chi connectivity index (χ0v) is 9.26. The van der Waals surface area contributed by atoms with Crippen LogP contribution in [0.15, 0.2) is 36.5 Å². The van der Waals surface area contributed by atoms with Gasteiger partial charge in [-0.3, -0.25) is 4.98 Å². The van der Waals surface area contributed by atoms with Gasteiger partial charge in [-0.05, 0) is 18.2 Å². The number of nitrogens with zero attached hydrogens (tertiary/aromatic N) is 1. The minimum atomic E-state index is 0.481. The second-order valence-corrected chi connectivity index (χ2v) is 3.94. The molecule has 0 radical (unpaired) electrons. The van der Waals surface area contributed by atoms with Gasteiger partial charge in [0.15, 0.2) is 0 Å². The van der Waals surface area contributed by atoms with Crippen molar-refractivity contribution in [3.8, 4) is 11.3 Å². The molecule has 0 saturated heterocycles. The van der Waals surface area contributed by atoms with Gasteiger partial charge in [-0.15, -0.1) is 0 Å². The highest BCUT2D eigenvalue weighted by atomic mass is 35.5. The maximum atomic E-state index is 5.90. The highest BCUT2D eigenvalue weighted by molar-refractivity contribution is 6.33. The average molecular weight is 239 g/mol. The number of hydrogen-bond acceptors (Lipinski definition) is 2. The fourth-order valence-electron chi connectivity index (χ4n) is 1.22. The maximum Gasteiger partial charge on any atom is 0.0718 e. The zero-order chi connectivity index (χ0) is 10.8. The predicted octanol–water partition coefficient (Wildman–Crippen LogP) is 3.64. The van der Waals surface area contributed by atoms with Crippen LogP contribution in [-0.2, 0) is 0 Å². The summed E-state index contributed by atoms with van der Waals surface area (Å²) in [6, 6.07) is 9.13. The molecule has 2 aromatic rings. The Kier molecular flexibility index (Phi) is 2.80. The van der Waals surface area contributed by atoms with E-state index in [0.29, 0.717) is 15.7 Å². The average Bonchev–Trinajstić information content (AvgIpc) is 2.23. The topological polar surface area (TPSA) is 38.9 Å². The van der Waals surface area contributed by atoms with Gasteiger partial charge in [0.25, 0.3) is 0 Å². The van der Waals surface area contributed by atoms with Crippen molar-refractivity contribution in [2.45, 2.75) is 0 Å². The van der Waals surface area contributed by atoms with E-state index in [1.807, 2.05) is 24.3 Å². The number of pyridine rings is 1. The first kappa shape index (κ1) is 10.3. The highest BCUT2D eigenvalue weighted by Crippen LogP contribution is 2.25. The summed E-state index contributed by atoms with van der Waals surface area (Å²) < 4.78 is 0. The minimum absolute atomic E-state index is 0.481. The molecule has 0 aliphatic rings. The van der Waals surface area contributed by atoms with Crippen LogP contribution in [0.3, 0.4) is 0 Å². The number of benzene rings is 1. The third kappa shape index (κ3) is 2.22. The van der Waals surface area contributed by atoms with Crippen molar-refractivity contribution in [3.63, 3.8) is 0 Å². The Labute approximate surface area is 97.7 Å². The van der Waals surface area contributed by atoms with Crippen LogP contribution in [-0.4, -0.2) is 4.98 Å². The Morgan fingerprint density at radius 1 is 1.07 bits per heavy atom. The maximum absolute atomic E-state index is 5.90. The number of rotatable bonds is 1. The summed E-state index contributed by atoms with van der Waals surface area (Å²) in [6.45, 7) is 0. The quantitative estimate of drug-likeness (QED) is 0.825. The lowest BCUT2D eigenvalue weighted by atomic mass is 10.1. The van der Waals surface area contributed by atoms with Crippen molar-refractivity contribution in [2.24, 2.45) is 0 Å². The van der Waals surface area contributed by atoms with Gasteiger partial charge >= 0.3 is 0 Å². The predicted molar refractivity (Wildman–Crippen MR) is 64.1 cm³/mol. The summed E-state index contributed by atoms with van der Waals surface area (Å²) >= 11 is 11.7. The third-order valence-electron chi connectivity index (χ3n) is 2.02. The highest BCUT2D eigenvalue weighted by Gasteiger charge is 2.02. The van der Waals surface area contributed by atoms with Gasteiger partial charge in [-0.25, -0.2) is 0 Å². The number of hydrogen-bond donors (Lipinski definition) is 1. The summed E-state index contributed by atoms with van der Waals surface area (Å²) in [5.74, 6) is 0. The van der Waals surface area contributed by atoms with Gasteiger partial charge < -0.3 is 5.73 Å². The minimum Gasteiger partial charge on any atom is -0.396 e. The Hall–Kier alpha value is -1.25. The van der Waals surface area contributed by atoms with Crippen LogP contribution in [0.5, 0.6) is 0 Å². The van der Waals surface area contributed by atoms with E-state index in [4.69, 9.17) is 28.9 Å². The first-order valence-electron chi connectivity index (χ1n) is 4.34. The van der Waals surface area contributed by atoms with Crippen LogP contribution in [0.2, 0.25) is 10.0 Å². The van der Waals surface area contributed by atoms with Gasteiger partial charge in [-0.1, -0.05) is 35.3 Å². The first-order valence-corrected chi connectivity index (χ1v) is 5.09. The van der Waals surface area contributed by atoms with Crippen molar-refractivity contribution in [1.82, 2.24) is 4.98 Å². The van der Waals surface area contributed by atoms with Crippen LogP contribution in [0.25, 0.3) is 11.3 Å². The van der Waals surface area contributed by atoms with Crippen LogP contribution in [0, 0.1) is 0 Å². The second-order valence-electron chi connectivity index (χ2n) is 3.10. The second kappa shape index (κ2) is 4.09. The SMILES string of the molecule is Nc1cnc(-c2ccc(Cl)cc2)cc1Cl. The molecule has 0 saturated carbocycles. The molecular weight excluding hydrogens is 231 g/mol. The van der Waals surface area contributed by atoms with Gasteiger partial charge in [-0.2, -0.15) is 0 Å². The lowest BCUT2D eigenvalue weighted by Gasteiger charge is -2.03. The standard InChI is InChI=1S/C11H8Cl2N2/c12-8-3-1-7(2-4-8)11-5-9(13)10(14)6-15-11/h1-6H,14H2. The molecule has 0 aliphatic carbocycles. The van der Waals surface area contributed by atoms with Crippen molar-refractivity contribution < 1.29 is 0 Å². The van der Waals surface area contributed by atoms with E-state index in [1.54, 1.807) is 12.3 Å². The molecule has 1 aromatic heterocycles. The molecule has 2 N–H and O–H groups in total. The Balaban J connectivity index is 2.45. The van der Waals surface area contributed by atoms with Crippen LogP contribution < -0.4 is 5.73 Å². The summed E-state index contributed by atoms with van der Waals surface area (Å²) in [4.78, 5) is 4.19. The lowest BCUT2D eigenvalue weighted by Crippen LogP contribution is -1.90. The molecule has 2 rings (SSSR count). The Morgan fingerprint density at radius 2 is 1.73 bits per heavy atom. The molecule has 2 nitrogen and oxygen atoms in total. The fourth-order valence-corrected chi connectivity index (χ4v) is 1.50. The number of anilines is 1. The van der Waals surface area contributed by atoms with E-state index >= 15 is 0 Å². The van der Waals surface area contributed by atoms with Crippen molar-refractivity contribution in [2.75, 3.05) is 5.73 Å². The molecule has 76 valence electrons. The number of nitrogen functional groups attached to an aromatic ring is 1. The van der Waals surface area contributed by atoms with E-state index in [1.165, 1.54) is 0 Å². The van der Waals surface area contributed by atoms with Crippen LogP contribution >= 0.6 is 23.2 Å². The summed E-state index contributed by atoms with van der Waals surface area (Å²) in [6.07, 6.45) is 1.55. The number of halogens is 2. The molecule has 1 aromatic carbocycles. The zero-order valence-electron chi connectivity index (χ0n) is 7.74. The Bertz CT molecular complexity index is 480. The molecule has 1 heterocycles. The number of aromatic nitrogens is 1. The van der Waals surface area contributed by atoms with Crippen LogP contribution in [0.4, 0.5) is 5.69 Å². The van der Waals surface area contributed by atoms with Crippen molar-refractivity contribution in [1.29, 1.82) is 0 Å². The van der Waals surface area contributed by atoms with Crippen molar-refractivity contribution >= 4 is 28.9 Å². The third-order valence-corrected chi connectivity index (χ3v) is 2.60. The molecule has 4 heteroatoms. The van der Waals surface area contributed by atoms with E-state index in [-0.39, 0.29) is 0 Å². The fraction of sp³-hybridized carbons (Fsp3) is 0. The van der Waals surface area contributed by atoms with Gasteiger partial charge in [0.05, 0.1) is 22.6 Å². The molecule has 0 atom stereocenters. The molecule has 0 amide bonds. The molecule has 0 bridgehead atoms. The Morgan fingerprint density at radius 3 is 2.33 bits per heavy atom. The summed E-state index contributed by atoms with van der Waals surface area (Å²) in [5.41, 5.74) is 7.80. The summed E-state index contributed by atoms with van der Waals surface area (Å²) in [5, 5.41) is 1.20. The van der Waals surface area contributed by atoms with E-state index in [0.717, 1.165) is 11.3 Å². The molecule has 0 aliphatic heterocycles. The molecule has 15 heavy (non-hydrogen) atoms. The normalized spacial score (nSPS) is 10.3. The molecule has 0 spiro atoms. The van der Waals surface area contributed by atoms with E-state index < -0.39 is 0 Å². The smallest absolute Gasteiger partial charge is 0.0718 e. The van der Waals surface area contributed by atoms with Crippen LogP contribution in [0.1, 0.15) is 0 Å². The lowest BCUT2D eigenvalue weighted by molar-refractivity contribution is 1.33.